The average Bonchev–Trinajstić information content (AvgIpc) is 2.47. The Morgan fingerprint density at radius 3 is 2.33 bits per heavy atom. The van der Waals surface area contributed by atoms with Crippen LogP contribution in [-0.4, -0.2) is 72.8 Å². The smallest absolute Gasteiger partial charge is 0.241 e. The summed E-state index contributed by atoms with van der Waals surface area (Å²) < 4.78 is 0. The van der Waals surface area contributed by atoms with Crippen LogP contribution in [0.15, 0.2) is 0 Å². The number of carbonyl (C=O) groups is 3. The Morgan fingerprint density at radius 2 is 1.81 bits per heavy atom. The Bertz CT molecular complexity index is 406. The molecule has 118 valence electrons. The summed E-state index contributed by atoms with van der Waals surface area (Å²) in [5.41, 5.74) is 0. The molecule has 0 spiro atoms. The van der Waals surface area contributed by atoms with E-state index in [0.29, 0.717) is 45.1 Å². The number of nitrogens with zero attached hydrogens (tertiary/aromatic N) is 2. The van der Waals surface area contributed by atoms with Gasteiger partial charge in [0.05, 0.1) is 6.54 Å². The highest BCUT2D eigenvalue weighted by atomic mass is 16.2. The molecule has 21 heavy (non-hydrogen) atoms. The van der Waals surface area contributed by atoms with Crippen LogP contribution in [0.2, 0.25) is 0 Å². The second-order valence-corrected chi connectivity index (χ2v) is 6.04. The van der Waals surface area contributed by atoms with Gasteiger partial charge in [-0.2, -0.15) is 0 Å². The quantitative estimate of drug-likeness (QED) is 0.685. The van der Waals surface area contributed by atoms with Crippen LogP contribution in [0, 0.1) is 5.92 Å². The fraction of sp³-hybridized carbons (Fsp3) is 0.786. The first kappa shape index (κ1) is 15.8. The summed E-state index contributed by atoms with van der Waals surface area (Å²) in [4.78, 5) is 39.0. The van der Waals surface area contributed by atoms with Crippen molar-refractivity contribution < 1.29 is 14.4 Å². The molecule has 2 saturated heterocycles. The Balaban J connectivity index is 1.79. The van der Waals surface area contributed by atoms with E-state index < -0.39 is 0 Å². The van der Waals surface area contributed by atoms with E-state index in [0.717, 1.165) is 0 Å². The Hall–Kier alpha value is -1.63. The lowest BCUT2D eigenvalue weighted by molar-refractivity contribution is -0.141. The van der Waals surface area contributed by atoms with Crippen molar-refractivity contribution in [2.75, 3.05) is 39.3 Å². The third-order valence-electron chi connectivity index (χ3n) is 3.84. The number of piperazine rings is 2. The first-order chi connectivity index (χ1) is 9.97. The molecule has 2 heterocycles. The zero-order valence-electron chi connectivity index (χ0n) is 12.7. The maximum Gasteiger partial charge on any atom is 0.241 e. The summed E-state index contributed by atoms with van der Waals surface area (Å²) in [7, 11) is 0. The number of nitrogens with one attached hydrogen (secondary N) is 2. The standard InChI is InChI=1S/C14H24N4O3/c1-10(2)7-13(20)17-3-5-18(6-4-17)14(21)11-8-16-12(19)9-15-11/h10-11,15H,3-9H2,1-2H3,(H,16,19). The van der Waals surface area contributed by atoms with Crippen molar-refractivity contribution in [1.82, 2.24) is 20.4 Å². The maximum absolute atomic E-state index is 12.3. The minimum Gasteiger partial charge on any atom is -0.353 e. The SMILES string of the molecule is CC(C)CC(=O)N1CCN(C(=O)C2CNC(=O)CN2)CC1. The topological polar surface area (TPSA) is 81.8 Å². The minimum absolute atomic E-state index is 0.00552. The van der Waals surface area contributed by atoms with Gasteiger partial charge in [0, 0.05) is 39.1 Å². The van der Waals surface area contributed by atoms with Gasteiger partial charge in [0.1, 0.15) is 6.04 Å². The summed E-state index contributed by atoms with van der Waals surface area (Å²) in [5, 5.41) is 5.63. The Labute approximate surface area is 125 Å². The van der Waals surface area contributed by atoms with E-state index in [2.05, 4.69) is 10.6 Å². The summed E-state index contributed by atoms with van der Waals surface area (Å²) in [6, 6.07) is -0.347. The molecule has 2 aliphatic rings. The van der Waals surface area contributed by atoms with Crippen molar-refractivity contribution in [1.29, 1.82) is 0 Å². The molecule has 1 unspecified atom stereocenters. The van der Waals surface area contributed by atoms with E-state index >= 15 is 0 Å². The molecule has 0 aromatic carbocycles. The van der Waals surface area contributed by atoms with Gasteiger partial charge >= 0.3 is 0 Å². The van der Waals surface area contributed by atoms with Gasteiger partial charge in [-0.25, -0.2) is 0 Å². The van der Waals surface area contributed by atoms with Crippen LogP contribution in [0.5, 0.6) is 0 Å². The predicted molar refractivity (Wildman–Crippen MR) is 77.4 cm³/mol. The zero-order chi connectivity index (χ0) is 15.4. The molecule has 7 heteroatoms. The van der Waals surface area contributed by atoms with Crippen LogP contribution in [0.25, 0.3) is 0 Å². The van der Waals surface area contributed by atoms with Crippen molar-refractivity contribution in [2.45, 2.75) is 26.3 Å². The lowest BCUT2D eigenvalue weighted by Crippen LogP contribution is -2.61. The predicted octanol–water partition coefficient (Wildman–Crippen LogP) is -1.21. The molecule has 0 aromatic heterocycles. The lowest BCUT2D eigenvalue weighted by Gasteiger charge is -2.37. The van der Waals surface area contributed by atoms with Gasteiger partial charge in [0.2, 0.25) is 17.7 Å². The van der Waals surface area contributed by atoms with E-state index in [4.69, 9.17) is 0 Å². The highest BCUT2D eigenvalue weighted by molar-refractivity contribution is 5.87. The summed E-state index contributed by atoms with van der Waals surface area (Å²) in [5.74, 6) is 0.446. The number of rotatable bonds is 3. The number of hydrogen-bond donors (Lipinski definition) is 2. The summed E-state index contributed by atoms with van der Waals surface area (Å²) >= 11 is 0. The van der Waals surface area contributed by atoms with Crippen LogP contribution < -0.4 is 10.6 Å². The van der Waals surface area contributed by atoms with Gasteiger partial charge in [-0.05, 0) is 5.92 Å². The first-order valence-corrected chi connectivity index (χ1v) is 7.54. The van der Waals surface area contributed by atoms with Crippen molar-refractivity contribution in [3.8, 4) is 0 Å². The zero-order valence-corrected chi connectivity index (χ0v) is 12.7. The van der Waals surface area contributed by atoms with Crippen molar-refractivity contribution in [3.63, 3.8) is 0 Å². The molecule has 2 N–H and O–H groups in total. The monoisotopic (exact) mass is 296 g/mol. The average molecular weight is 296 g/mol. The molecule has 2 fully saturated rings. The number of carbonyl (C=O) groups excluding carboxylic acids is 3. The van der Waals surface area contributed by atoms with E-state index in [1.165, 1.54) is 0 Å². The highest BCUT2D eigenvalue weighted by Gasteiger charge is 2.30. The molecule has 0 saturated carbocycles. The lowest BCUT2D eigenvalue weighted by atomic mass is 10.1. The largest absolute Gasteiger partial charge is 0.353 e. The second kappa shape index (κ2) is 6.89. The van der Waals surface area contributed by atoms with Gasteiger partial charge < -0.3 is 15.1 Å². The summed E-state index contributed by atoms with van der Waals surface area (Å²) in [6.45, 7) is 6.89. The third-order valence-corrected chi connectivity index (χ3v) is 3.84. The molecular weight excluding hydrogens is 272 g/mol. The van der Waals surface area contributed by atoms with Crippen molar-refractivity contribution in [2.24, 2.45) is 5.92 Å². The van der Waals surface area contributed by atoms with Crippen molar-refractivity contribution >= 4 is 17.7 Å². The fourth-order valence-electron chi connectivity index (χ4n) is 2.62. The molecule has 0 aromatic rings. The Morgan fingerprint density at radius 1 is 1.19 bits per heavy atom. The Kier molecular flexibility index (Phi) is 5.17. The van der Waals surface area contributed by atoms with E-state index in [-0.39, 0.29) is 30.3 Å². The highest BCUT2D eigenvalue weighted by Crippen LogP contribution is 2.09. The van der Waals surface area contributed by atoms with Crippen LogP contribution in [0.1, 0.15) is 20.3 Å². The third kappa shape index (κ3) is 4.17. The minimum atomic E-state index is -0.347. The number of hydrogen-bond acceptors (Lipinski definition) is 4. The molecule has 2 rings (SSSR count). The molecule has 0 bridgehead atoms. The molecular formula is C14H24N4O3. The van der Waals surface area contributed by atoms with Gasteiger partial charge in [-0.15, -0.1) is 0 Å². The second-order valence-electron chi connectivity index (χ2n) is 6.04. The van der Waals surface area contributed by atoms with Gasteiger partial charge in [-0.1, -0.05) is 13.8 Å². The van der Waals surface area contributed by atoms with E-state index in [9.17, 15) is 14.4 Å². The van der Waals surface area contributed by atoms with Crippen LogP contribution in [0.4, 0.5) is 0 Å². The summed E-state index contributed by atoms with van der Waals surface area (Å²) in [6.07, 6.45) is 0.560. The maximum atomic E-state index is 12.3. The van der Waals surface area contributed by atoms with Gasteiger partial charge in [0.15, 0.2) is 0 Å². The molecule has 2 aliphatic heterocycles. The molecule has 3 amide bonds. The number of amides is 3. The molecule has 0 aliphatic carbocycles. The van der Waals surface area contributed by atoms with Crippen molar-refractivity contribution in [3.05, 3.63) is 0 Å². The molecule has 1 atom stereocenters. The van der Waals surface area contributed by atoms with E-state index in [1.807, 2.05) is 18.7 Å². The first-order valence-electron chi connectivity index (χ1n) is 7.54. The van der Waals surface area contributed by atoms with Gasteiger partial charge in [0.25, 0.3) is 0 Å². The van der Waals surface area contributed by atoms with E-state index in [1.54, 1.807) is 4.90 Å². The normalized spacial score (nSPS) is 23.2. The molecule has 7 nitrogen and oxygen atoms in total. The van der Waals surface area contributed by atoms with Crippen LogP contribution in [0.3, 0.4) is 0 Å². The fourth-order valence-corrected chi connectivity index (χ4v) is 2.62. The van der Waals surface area contributed by atoms with Gasteiger partial charge in [-0.3, -0.25) is 19.7 Å². The molecule has 0 radical (unpaired) electrons. The van der Waals surface area contributed by atoms with Crippen LogP contribution >= 0.6 is 0 Å². The van der Waals surface area contributed by atoms with Crippen LogP contribution in [-0.2, 0) is 14.4 Å².